The van der Waals surface area contributed by atoms with Crippen LogP contribution in [0.3, 0.4) is 0 Å². The van der Waals surface area contributed by atoms with Crippen LogP contribution in [-0.4, -0.2) is 25.7 Å². The lowest BCUT2D eigenvalue weighted by molar-refractivity contribution is -0.274. The molecule has 0 saturated carbocycles. The molecule has 0 heterocycles. The molecule has 152 valence electrons. The predicted octanol–water partition coefficient (Wildman–Crippen LogP) is 4.20. The van der Waals surface area contributed by atoms with E-state index in [0.717, 1.165) is 16.3 Å². The standard InChI is InChI=1S/C21H20F3N3O2/c22-21(23,24)29-19-8-4-1-5-16(19)13-26-11-12-28-20-10-9-15(14-27-25)17-6-2-3-7-18(17)20/h1-10,14,26H,11-13,25H2. The minimum Gasteiger partial charge on any atom is -0.492 e. The van der Waals surface area contributed by atoms with Crippen molar-refractivity contribution < 1.29 is 22.6 Å². The van der Waals surface area contributed by atoms with Crippen molar-refractivity contribution in [1.82, 2.24) is 5.32 Å². The van der Waals surface area contributed by atoms with E-state index in [2.05, 4.69) is 15.2 Å². The van der Waals surface area contributed by atoms with E-state index in [9.17, 15) is 13.2 Å². The van der Waals surface area contributed by atoms with Gasteiger partial charge >= 0.3 is 6.36 Å². The zero-order valence-corrected chi connectivity index (χ0v) is 15.4. The first-order valence-electron chi connectivity index (χ1n) is 8.90. The molecular formula is C21H20F3N3O2. The number of halogens is 3. The van der Waals surface area contributed by atoms with E-state index in [0.29, 0.717) is 24.5 Å². The first kappa shape index (κ1) is 20.5. The van der Waals surface area contributed by atoms with Crippen molar-refractivity contribution >= 4 is 17.0 Å². The van der Waals surface area contributed by atoms with Gasteiger partial charge in [0.15, 0.2) is 0 Å². The summed E-state index contributed by atoms with van der Waals surface area (Å²) in [4.78, 5) is 0. The molecule has 0 bridgehead atoms. The van der Waals surface area contributed by atoms with E-state index in [4.69, 9.17) is 10.6 Å². The van der Waals surface area contributed by atoms with Crippen LogP contribution in [0.5, 0.6) is 11.5 Å². The summed E-state index contributed by atoms with van der Waals surface area (Å²) in [6.07, 6.45) is -3.14. The van der Waals surface area contributed by atoms with Gasteiger partial charge in [0, 0.05) is 29.6 Å². The SMILES string of the molecule is NN=Cc1ccc(OCCNCc2ccccc2OC(F)(F)F)c2ccccc12. The molecule has 0 saturated heterocycles. The van der Waals surface area contributed by atoms with Crippen LogP contribution in [0.25, 0.3) is 10.8 Å². The predicted molar refractivity (Wildman–Crippen MR) is 106 cm³/mol. The number of hydrogen-bond donors (Lipinski definition) is 2. The van der Waals surface area contributed by atoms with Gasteiger partial charge in [-0.1, -0.05) is 42.5 Å². The number of benzene rings is 3. The van der Waals surface area contributed by atoms with Gasteiger partial charge < -0.3 is 20.6 Å². The number of fused-ring (bicyclic) bond motifs is 1. The second kappa shape index (κ2) is 9.29. The van der Waals surface area contributed by atoms with Gasteiger partial charge in [-0.05, 0) is 23.6 Å². The lowest BCUT2D eigenvalue weighted by atomic mass is 10.0. The van der Waals surface area contributed by atoms with E-state index in [-0.39, 0.29) is 12.3 Å². The summed E-state index contributed by atoms with van der Waals surface area (Å²) in [5.74, 6) is 5.75. The molecule has 3 aromatic rings. The first-order valence-corrected chi connectivity index (χ1v) is 8.90. The highest BCUT2D eigenvalue weighted by atomic mass is 19.4. The van der Waals surface area contributed by atoms with Crippen molar-refractivity contribution in [3.8, 4) is 11.5 Å². The second-order valence-electron chi connectivity index (χ2n) is 6.16. The molecule has 3 rings (SSSR count). The summed E-state index contributed by atoms with van der Waals surface area (Å²) in [6, 6.07) is 17.5. The Balaban J connectivity index is 1.58. The lowest BCUT2D eigenvalue weighted by Crippen LogP contribution is -2.22. The number of para-hydroxylation sites is 1. The molecule has 0 radical (unpaired) electrons. The average Bonchev–Trinajstić information content (AvgIpc) is 2.69. The fraction of sp³-hybridized carbons (Fsp3) is 0.190. The van der Waals surface area contributed by atoms with E-state index < -0.39 is 6.36 Å². The molecule has 0 aromatic heterocycles. The van der Waals surface area contributed by atoms with Gasteiger partial charge in [-0.15, -0.1) is 13.2 Å². The highest BCUT2D eigenvalue weighted by Gasteiger charge is 2.31. The second-order valence-corrected chi connectivity index (χ2v) is 6.16. The maximum atomic E-state index is 12.5. The maximum absolute atomic E-state index is 12.5. The van der Waals surface area contributed by atoms with Crippen LogP contribution in [0, 0.1) is 0 Å². The zero-order chi connectivity index (χ0) is 20.7. The Kier molecular flexibility index (Phi) is 6.56. The summed E-state index contributed by atoms with van der Waals surface area (Å²) < 4.78 is 47.3. The van der Waals surface area contributed by atoms with Gasteiger partial charge in [-0.2, -0.15) is 5.10 Å². The van der Waals surface area contributed by atoms with E-state index in [1.807, 2.05) is 36.4 Å². The Morgan fingerprint density at radius 3 is 2.41 bits per heavy atom. The van der Waals surface area contributed by atoms with Crippen LogP contribution in [0.15, 0.2) is 65.8 Å². The minimum absolute atomic E-state index is 0.212. The molecule has 0 fully saturated rings. The minimum atomic E-state index is -4.72. The smallest absolute Gasteiger partial charge is 0.492 e. The fourth-order valence-corrected chi connectivity index (χ4v) is 2.94. The summed E-state index contributed by atoms with van der Waals surface area (Å²) >= 11 is 0. The lowest BCUT2D eigenvalue weighted by Gasteiger charge is -2.14. The molecule has 29 heavy (non-hydrogen) atoms. The average molecular weight is 403 g/mol. The van der Waals surface area contributed by atoms with Crippen LogP contribution >= 0.6 is 0 Å². The van der Waals surface area contributed by atoms with Gasteiger partial charge in [-0.25, -0.2) is 0 Å². The largest absolute Gasteiger partial charge is 0.573 e. The van der Waals surface area contributed by atoms with Gasteiger partial charge in [-0.3, -0.25) is 0 Å². The van der Waals surface area contributed by atoms with E-state index >= 15 is 0 Å². The Hall–Kier alpha value is -3.26. The molecule has 5 nitrogen and oxygen atoms in total. The normalized spacial score (nSPS) is 11.8. The molecule has 3 N–H and O–H groups in total. The van der Waals surface area contributed by atoms with Crippen molar-refractivity contribution in [3.05, 3.63) is 71.8 Å². The molecule has 0 amide bonds. The summed E-state index contributed by atoms with van der Waals surface area (Å²) in [5.41, 5.74) is 1.30. The fourth-order valence-electron chi connectivity index (χ4n) is 2.94. The highest BCUT2D eigenvalue weighted by Crippen LogP contribution is 2.28. The molecule has 8 heteroatoms. The number of nitrogens with two attached hydrogens (primary N) is 1. The quantitative estimate of drug-likeness (QED) is 0.256. The van der Waals surface area contributed by atoms with Crippen LogP contribution < -0.4 is 20.6 Å². The summed E-state index contributed by atoms with van der Waals surface area (Å²) in [7, 11) is 0. The Morgan fingerprint density at radius 1 is 0.931 bits per heavy atom. The third-order valence-electron chi connectivity index (χ3n) is 4.18. The van der Waals surface area contributed by atoms with Crippen molar-refractivity contribution in [3.63, 3.8) is 0 Å². The molecule has 0 aliphatic carbocycles. The number of hydrazone groups is 1. The summed E-state index contributed by atoms with van der Waals surface area (Å²) in [5, 5.41) is 8.53. The molecule has 0 aliphatic rings. The van der Waals surface area contributed by atoms with Crippen molar-refractivity contribution in [2.75, 3.05) is 13.2 Å². The van der Waals surface area contributed by atoms with Crippen molar-refractivity contribution in [1.29, 1.82) is 0 Å². The zero-order valence-electron chi connectivity index (χ0n) is 15.4. The topological polar surface area (TPSA) is 68.9 Å². The molecule has 3 aromatic carbocycles. The van der Waals surface area contributed by atoms with Crippen LogP contribution in [0.1, 0.15) is 11.1 Å². The number of hydrogen-bond acceptors (Lipinski definition) is 5. The number of nitrogens with zero attached hydrogens (tertiary/aromatic N) is 1. The maximum Gasteiger partial charge on any atom is 0.573 e. The number of alkyl halides is 3. The Labute approximate surface area is 165 Å². The first-order chi connectivity index (χ1) is 14.0. The number of rotatable bonds is 8. The number of ether oxygens (including phenoxy) is 2. The molecule has 0 spiro atoms. The van der Waals surface area contributed by atoms with Crippen LogP contribution in [0.2, 0.25) is 0 Å². The van der Waals surface area contributed by atoms with Gasteiger partial charge in [0.25, 0.3) is 0 Å². The third kappa shape index (κ3) is 5.61. The van der Waals surface area contributed by atoms with Crippen LogP contribution in [0.4, 0.5) is 13.2 Å². The van der Waals surface area contributed by atoms with E-state index in [1.54, 1.807) is 18.3 Å². The van der Waals surface area contributed by atoms with Gasteiger partial charge in [0.05, 0.1) is 6.21 Å². The molecular weight excluding hydrogens is 383 g/mol. The van der Waals surface area contributed by atoms with Crippen molar-refractivity contribution in [2.45, 2.75) is 12.9 Å². The molecule has 0 atom stereocenters. The number of nitrogens with one attached hydrogen (secondary N) is 1. The monoisotopic (exact) mass is 403 g/mol. The molecule has 0 unspecified atom stereocenters. The highest BCUT2D eigenvalue weighted by molar-refractivity contribution is 6.02. The Bertz CT molecular complexity index is 990. The third-order valence-corrected chi connectivity index (χ3v) is 4.18. The Morgan fingerprint density at radius 2 is 1.66 bits per heavy atom. The van der Waals surface area contributed by atoms with Gasteiger partial charge in [0.2, 0.25) is 0 Å². The molecule has 0 aliphatic heterocycles. The summed E-state index contributed by atoms with van der Waals surface area (Å²) in [6.45, 7) is 1.01. The van der Waals surface area contributed by atoms with Crippen molar-refractivity contribution in [2.24, 2.45) is 10.9 Å². The van der Waals surface area contributed by atoms with Gasteiger partial charge in [0.1, 0.15) is 18.1 Å². The van der Waals surface area contributed by atoms with E-state index in [1.165, 1.54) is 12.1 Å². The van der Waals surface area contributed by atoms with Crippen LogP contribution in [-0.2, 0) is 6.54 Å².